The number of carbonyl (C=O) groups excluding carboxylic acids is 1. The lowest BCUT2D eigenvalue weighted by Crippen LogP contribution is -2.45. The van der Waals surface area contributed by atoms with Gasteiger partial charge in [-0.25, -0.2) is 4.79 Å². The highest BCUT2D eigenvalue weighted by molar-refractivity contribution is 8.00. The molecular weight excluding hydrogens is 290 g/mol. The molecule has 7 heteroatoms. The van der Waals surface area contributed by atoms with Gasteiger partial charge in [0.25, 0.3) is 5.91 Å². The minimum absolute atomic E-state index is 0.0866. The molecule has 0 radical (unpaired) electrons. The summed E-state index contributed by atoms with van der Waals surface area (Å²) in [5.41, 5.74) is 1.62. The number of amides is 1. The molecule has 0 bridgehead atoms. The number of nitrogens with zero attached hydrogens (tertiary/aromatic N) is 3. The lowest BCUT2D eigenvalue weighted by Gasteiger charge is -2.27. The standard InChI is InChI=1S/C14H19N3O3S/c1-4-5-12-17(11(7-21-12)14(19)20)13(18)10-6-8(2)15-16-9(10)3/h6,11-12H,4-5,7H2,1-3H3,(H,19,20). The van der Waals surface area contributed by atoms with Crippen molar-refractivity contribution in [2.75, 3.05) is 5.75 Å². The lowest BCUT2D eigenvalue weighted by molar-refractivity contribution is -0.141. The van der Waals surface area contributed by atoms with E-state index in [1.165, 1.54) is 16.7 Å². The SMILES string of the molecule is CCCC1SCC(C(=O)O)N1C(=O)c1cc(C)nnc1C. The van der Waals surface area contributed by atoms with Crippen molar-refractivity contribution in [1.29, 1.82) is 0 Å². The van der Waals surface area contributed by atoms with E-state index in [1.807, 2.05) is 6.92 Å². The van der Waals surface area contributed by atoms with Crippen LogP contribution in [-0.4, -0.2) is 49.2 Å². The number of carboxylic acids is 1. The molecule has 21 heavy (non-hydrogen) atoms. The van der Waals surface area contributed by atoms with Crippen molar-refractivity contribution < 1.29 is 14.7 Å². The molecule has 2 unspecified atom stereocenters. The Balaban J connectivity index is 2.36. The van der Waals surface area contributed by atoms with Crippen LogP contribution in [0.3, 0.4) is 0 Å². The van der Waals surface area contributed by atoms with E-state index in [4.69, 9.17) is 0 Å². The van der Waals surface area contributed by atoms with Gasteiger partial charge >= 0.3 is 5.97 Å². The van der Waals surface area contributed by atoms with Crippen LogP contribution in [0.5, 0.6) is 0 Å². The van der Waals surface area contributed by atoms with Crippen molar-refractivity contribution in [3.63, 3.8) is 0 Å². The van der Waals surface area contributed by atoms with E-state index < -0.39 is 12.0 Å². The second-order valence-corrected chi connectivity index (χ2v) is 6.34. The molecule has 6 nitrogen and oxygen atoms in total. The van der Waals surface area contributed by atoms with Gasteiger partial charge in [0.1, 0.15) is 6.04 Å². The van der Waals surface area contributed by atoms with Crippen molar-refractivity contribution in [2.24, 2.45) is 0 Å². The van der Waals surface area contributed by atoms with Gasteiger partial charge in [0.15, 0.2) is 0 Å². The first-order valence-electron chi connectivity index (χ1n) is 6.93. The van der Waals surface area contributed by atoms with E-state index in [9.17, 15) is 14.7 Å². The maximum atomic E-state index is 12.8. The van der Waals surface area contributed by atoms with Crippen LogP contribution in [0.2, 0.25) is 0 Å². The molecule has 1 amide bonds. The van der Waals surface area contributed by atoms with Gasteiger partial charge < -0.3 is 10.0 Å². The summed E-state index contributed by atoms with van der Waals surface area (Å²) in [6.07, 6.45) is 1.69. The zero-order chi connectivity index (χ0) is 15.6. The quantitative estimate of drug-likeness (QED) is 0.914. The predicted octanol–water partition coefficient (Wildman–Crippen LogP) is 1.86. The van der Waals surface area contributed by atoms with Crippen LogP contribution in [0, 0.1) is 13.8 Å². The third-order valence-electron chi connectivity index (χ3n) is 3.48. The Bertz CT molecular complexity index is 564. The normalized spacial score (nSPS) is 21.6. The topological polar surface area (TPSA) is 83.4 Å². The Morgan fingerprint density at radius 3 is 2.76 bits per heavy atom. The zero-order valence-electron chi connectivity index (χ0n) is 12.4. The smallest absolute Gasteiger partial charge is 0.327 e. The van der Waals surface area contributed by atoms with Gasteiger partial charge in [0, 0.05) is 5.75 Å². The summed E-state index contributed by atoms with van der Waals surface area (Å²) in [5, 5.41) is 17.1. The largest absolute Gasteiger partial charge is 0.480 e. The van der Waals surface area contributed by atoms with E-state index in [0.29, 0.717) is 22.7 Å². The van der Waals surface area contributed by atoms with Crippen LogP contribution < -0.4 is 0 Å². The second-order valence-electron chi connectivity index (χ2n) is 5.13. The summed E-state index contributed by atoms with van der Waals surface area (Å²) in [4.78, 5) is 25.7. The highest BCUT2D eigenvalue weighted by Crippen LogP contribution is 2.33. The number of aryl methyl sites for hydroxylation is 2. The van der Waals surface area contributed by atoms with Crippen molar-refractivity contribution in [1.82, 2.24) is 15.1 Å². The molecular formula is C14H19N3O3S. The summed E-state index contributed by atoms with van der Waals surface area (Å²) in [6, 6.07) is 0.905. The number of hydrogen-bond acceptors (Lipinski definition) is 5. The van der Waals surface area contributed by atoms with Crippen LogP contribution in [0.4, 0.5) is 0 Å². The third kappa shape index (κ3) is 3.18. The summed E-state index contributed by atoms with van der Waals surface area (Å²) < 4.78 is 0. The van der Waals surface area contributed by atoms with Crippen LogP contribution >= 0.6 is 11.8 Å². The molecule has 2 atom stereocenters. The maximum absolute atomic E-state index is 12.8. The number of thioether (sulfide) groups is 1. The Labute approximate surface area is 127 Å². The van der Waals surface area contributed by atoms with Crippen molar-refractivity contribution >= 4 is 23.6 Å². The lowest BCUT2D eigenvalue weighted by atomic mass is 10.1. The van der Waals surface area contributed by atoms with Crippen molar-refractivity contribution in [3.05, 3.63) is 23.0 Å². The molecule has 0 aromatic carbocycles. The van der Waals surface area contributed by atoms with Crippen molar-refractivity contribution in [2.45, 2.75) is 45.0 Å². The number of carbonyl (C=O) groups is 2. The monoisotopic (exact) mass is 309 g/mol. The summed E-state index contributed by atoms with van der Waals surface area (Å²) in [6.45, 7) is 5.51. The summed E-state index contributed by atoms with van der Waals surface area (Å²) >= 11 is 1.53. The van der Waals surface area contributed by atoms with Crippen LogP contribution in [0.15, 0.2) is 6.07 Å². The molecule has 1 fully saturated rings. The van der Waals surface area contributed by atoms with E-state index in [2.05, 4.69) is 10.2 Å². The molecule has 1 aliphatic heterocycles. The van der Waals surface area contributed by atoms with Crippen LogP contribution in [0.1, 0.15) is 41.5 Å². The molecule has 0 aliphatic carbocycles. The molecule has 1 aliphatic rings. The number of aromatic nitrogens is 2. The van der Waals surface area contributed by atoms with Gasteiger partial charge in [0.2, 0.25) is 0 Å². The van der Waals surface area contributed by atoms with Crippen LogP contribution in [-0.2, 0) is 4.79 Å². The number of rotatable bonds is 4. The van der Waals surface area contributed by atoms with E-state index in [1.54, 1.807) is 19.9 Å². The Hall–Kier alpha value is -1.63. The predicted molar refractivity (Wildman–Crippen MR) is 80.3 cm³/mol. The Morgan fingerprint density at radius 1 is 1.43 bits per heavy atom. The first-order valence-corrected chi connectivity index (χ1v) is 7.98. The second kappa shape index (κ2) is 6.43. The first-order chi connectivity index (χ1) is 9.95. The highest BCUT2D eigenvalue weighted by Gasteiger charge is 2.41. The van der Waals surface area contributed by atoms with Gasteiger partial charge in [-0.15, -0.1) is 11.8 Å². The maximum Gasteiger partial charge on any atom is 0.327 e. The Morgan fingerprint density at radius 2 is 2.14 bits per heavy atom. The fourth-order valence-electron chi connectivity index (χ4n) is 2.40. The molecule has 114 valence electrons. The third-order valence-corrected chi connectivity index (χ3v) is 4.83. The fourth-order valence-corrected chi connectivity index (χ4v) is 3.91. The minimum atomic E-state index is -0.953. The summed E-state index contributed by atoms with van der Waals surface area (Å²) in [7, 11) is 0. The number of aliphatic carboxylic acids is 1. The number of carboxylic acid groups (broad SMARTS) is 1. The molecule has 0 saturated carbocycles. The van der Waals surface area contributed by atoms with E-state index in [0.717, 1.165) is 12.8 Å². The summed E-state index contributed by atoms with van der Waals surface area (Å²) in [5.74, 6) is -0.783. The van der Waals surface area contributed by atoms with Gasteiger partial charge in [0.05, 0.1) is 22.3 Å². The van der Waals surface area contributed by atoms with Gasteiger partial charge in [-0.3, -0.25) is 4.79 Å². The molecule has 1 N–H and O–H groups in total. The van der Waals surface area contributed by atoms with Gasteiger partial charge in [-0.05, 0) is 26.3 Å². The Kier molecular flexibility index (Phi) is 4.82. The van der Waals surface area contributed by atoms with Crippen molar-refractivity contribution in [3.8, 4) is 0 Å². The van der Waals surface area contributed by atoms with Gasteiger partial charge in [-0.1, -0.05) is 13.3 Å². The molecule has 0 spiro atoms. The first kappa shape index (κ1) is 15.8. The van der Waals surface area contributed by atoms with E-state index >= 15 is 0 Å². The minimum Gasteiger partial charge on any atom is -0.480 e. The molecule has 2 rings (SSSR count). The highest BCUT2D eigenvalue weighted by atomic mass is 32.2. The molecule has 2 heterocycles. The zero-order valence-corrected chi connectivity index (χ0v) is 13.2. The average Bonchev–Trinajstić information content (AvgIpc) is 2.85. The van der Waals surface area contributed by atoms with E-state index in [-0.39, 0.29) is 11.3 Å². The van der Waals surface area contributed by atoms with Gasteiger partial charge in [-0.2, -0.15) is 10.2 Å². The average molecular weight is 309 g/mol. The molecule has 1 aromatic rings. The van der Waals surface area contributed by atoms with Crippen LogP contribution in [0.25, 0.3) is 0 Å². The molecule has 1 saturated heterocycles. The fraction of sp³-hybridized carbons (Fsp3) is 0.571. The number of hydrogen-bond donors (Lipinski definition) is 1. The molecule has 1 aromatic heterocycles.